The number of aromatic nitrogens is 3. The van der Waals surface area contributed by atoms with Gasteiger partial charge in [-0.2, -0.15) is 0 Å². The van der Waals surface area contributed by atoms with E-state index >= 15 is 0 Å². The number of carbonyl (C=O) groups is 4. The number of benzene rings is 1. The zero-order chi connectivity index (χ0) is 32.7. The molecule has 14 nitrogen and oxygen atoms in total. The van der Waals surface area contributed by atoms with E-state index in [2.05, 4.69) is 39.0 Å². The largest absolute Gasteiger partial charge is 0.379 e. The van der Waals surface area contributed by atoms with Crippen LogP contribution < -0.4 is 10.6 Å². The highest BCUT2D eigenvalue weighted by Crippen LogP contribution is 2.29. The van der Waals surface area contributed by atoms with Gasteiger partial charge in [-0.05, 0) is 12.0 Å². The maximum absolute atomic E-state index is 12.7. The molecule has 14 heteroatoms. The third-order valence-corrected chi connectivity index (χ3v) is 6.89. The third-order valence-electron chi connectivity index (χ3n) is 6.89. The molecule has 1 aliphatic heterocycles. The Labute approximate surface area is 267 Å². The van der Waals surface area contributed by atoms with Crippen molar-refractivity contribution in [1.82, 2.24) is 24.8 Å². The number of hydrogen-bond acceptors (Lipinski definition) is 10. The fourth-order valence-corrected chi connectivity index (χ4v) is 4.74. The smallest absolute Gasteiger partial charge is 0.253 e. The van der Waals surface area contributed by atoms with E-state index in [1.165, 1.54) is 12.2 Å². The molecule has 0 bridgehead atoms. The summed E-state index contributed by atoms with van der Waals surface area (Å²) in [5.74, 6) is -0.381. The van der Waals surface area contributed by atoms with Crippen molar-refractivity contribution < 1.29 is 38.1 Å². The number of nitrogens with one attached hydrogen (secondary N) is 2. The molecule has 1 aliphatic rings. The van der Waals surface area contributed by atoms with Crippen molar-refractivity contribution >= 4 is 51.4 Å². The van der Waals surface area contributed by atoms with Crippen molar-refractivity contribution in [3.63, 3.8) is 0 Å². The van der Waals surface area contributed by atoms with Crippen LogP contribution in [0.3, 0.4) is 0 Å². The predicted octanol–water partition coefficient (Wildman–Crippen LogP) is 2.07. The number of amides is 4. The highest BCUT2D eigenvalue weighted by atomic mass is 16.6. The summed E-state index contributed by atoms with van der Waals surface area (Å²) in [6, 6.07) is 7.85. The van der Waals surface area contributed by atoms with Crippen LogP contribution in [0.1, 0.15) is 26.7 Å². The monoisotopic (exact) mass is 638 g/mol. The Bertz CT molecular complexity index is 1500. The number of rotatable bonds is 21. The Morgan fingerprint density at radius 1 is 0.826 bits per heavy atom. The second kappa shape index (κ2) is 18.0. The number of imide groups is 1. The van der Waals surface area contributed by atoms with E-state index in [1.807, 2.05) is 24.3 Å². The molecule has 0 saturated heterocycles. The van der Waals surface area contributed by atoms with E-state index < -0.39 is 11.8 Å². The molecule has 3 heterocycles. The van der Waals surface area contributed by atoms with E-state index in [4.69, 9.17) is 18.9 Å². The summed E-state index contributed by atoms with van der Waals surface area (Å²) in [7, 11) is 0. The number of nitrogens with zero attached hydrogens (tertiary/aromatic N) is 4. The summed E-state index contributed by atoms with van der Waals surface area (Å²) in [6.45, 7) is 8.30. The number of hydrogen-bond donors (Lipinski definition) is 2. The van der Waals surface area contributed by atoms with Crippen molar-refractivity contribution in [3.8, 4) is 0 Å². The van der Waals surface area contributed by atoms with Gasteiger partial charge in [-0.25, -0.2) is 9.97 Å². The number of carbonyl (C=O) groups excluding carboxylic acids is 4. The standard InChI is InChI=1S/C32H42N6O8/c1-23(2)21-37-22-34-30-31(37)24-5-3-4-6-25(24)35-32(30)36-27(40)10-13-43-15-17-45-19-20-46-18-16-44-14-11-33-26(39)9-12-38-28(41)7-8-29(38)42/h3-8,22-23H,9-21H2,1-2H3,(H,33,39)(H,35,36,40). The van der Waals surface area contributed by atoms with Gasteiger partial charge in [0.05, 0.1) is 76.6 Å². The van der Waals surface area contributed by atoms with E-state index in [9.17, 15) is 19.2 Å². The molecule has 4 rings (SSSR count). The summed E-state index contributed by atoms with van der Waals surface area (Å²) < 4.78 is 24.0. The predicted molar refractivity (Wildman–Crippen MR) is 170 cm³/mol. The van der Waals surface area contributed by atoms with E-state index in [1.54, 1.807) is 6.33 Å². The van der Waals surface area contributed by atoms with Crippen LogP contribution in [0.15, 0.2) is 42.7 Å². The van der Waals surface area contributed by atoms with Gasteiger partial charge in [0.2, 0.25) is 11.8 Å². The molecule has 0 spiro atoms. The van der Waals surface area contributed by atoms with Crippen LogP contribution in [-0.2, 0) is 44.7 Å². The van der Waals surface area contributed by atoms with Crippen molar-refractivity contribution in [2.75, 3.05) is 71.3 Å². The molecular weight excluding hydrogens is 596 g/mol. The van der Waals surface area contributed by atoms with Gasteiger partial charge >= 0.3 is 0 Å². The van der Waals surface area contributed by atoms with Crippen molar-refractivity contribution in [3.05, 3.63) is 42.7 Å². The molecule has 2 N–H and O–H groups in total. The maximum atomic E-state index is 12.7. The van der Waals surface area contributed by atoms with Gasteiger partial charge < -0.3 is 34.1 Å². The van der Waals surface area contributed by atoms with Crippen LogP contribution >= 0.6 is 0 Å². The number of imidazole rings is 1. The topological polar surface area (TPSA) is 163 Å². The molecule has 248 valence electrons. The van der Waals surface area contributed by atoms with Gasteiger partial charge in [0, 0.05) is 43.6 Å². The van der Waals surface area contributed by atoms with Crippen LogP contribution in [0.5, 0.6) is 0 Å². The van der Waals surface area contributed by atoms with Crippen molar-refractivity contribution in [1.29, 1.82) is 0 Å². The quantitative estimate of drug-likeness (QED) is 0.130. The summed E-state index contributed by atoms with van der Waals surface area (Å²) in [6.07, 6.45) is 4.40. The van der Waals surface area contributed by atoms with Gasteiger partial charge in [0.15, 0.2) is 5.82 Å². The first-order valence-electron chi connectivity index (χ1n) is 15.5. The van der Waals surface area contributed by atoms with Gasteiger partial charge in [-0.1, -0.05) is 32.0 Å². The first kappa shape index (κ1) is 34.6. The molecule has 4 amide bonds. The fraction of sp³-hybridized carbons (Fsp3) is 0.500. The van der Waals surface area contributed by atoms with Gasteiger partial charge in [-0.15, -0.1) is 0 Å². The first-order valence-corrected chi connectivity index (χ1v) is 15.5. The summed E-state index contributed by atoms with van der Waals surface area (Å²) in [5.41, 5.74) is 2.43. The van der Waals surface area contributed by atoms with Crippen LogP contribution in [0.4, 0.5) is 5.82 Å². The summed E-state index contributed by atoms with van der Waals surface area (Å²) >= 11 is 0. The van der Waals surface area contributed by atoms with Gasteiger partial charge in [0.25, 0.3) is 11.8 Å². The molecule has 0 atom stereocenters. The third kappa shape index (κ3) is 10.4. The van der Waals surface area contributed by atoms with Crippen molar-refractivity contribution in [2.24, 2.45) is 5.92 Å². The number of ether oxygens (including phenoxy) is 4. The highest BCUT2D eigenvalue weighted by Gasteiger charge is 2.23. The van der Waals surface area contributed by atoms with Crippen LogP contribution in [0, 0.1) is 5.92 Å². The molecule has 0 aliphatic carbocycles. The minimum Gasteiger partial charge on any atom is -0.379 e. The second-order valence-corrected chi connectivity index (χ2v) is 11.0. The number of anilines is 1. The Balaban J connectivity index is 0.988. The lowest BCUT2D eigenvalue weighted by Gasteiger charge is -2.13. The zero-order valence-corrected chi connectivity index (χ0v) is 26.4. The molecule has 0 unspecified atom stereocenters. The van der Waals surface area contributed by atoms with E-state index in [-0.39, 0.29) is 37.8 Å². The van der Waals surface area contributed by atoms with E-state index in [0.717, 1.165) is 27.9 Å². The lowest BCUT2D eigenvalue weighted by atomic mass is 10.1. The lowest BCUT2D eigenvalue weighted by molar-refractivity contribution is -0.137. The average Bonchev–Trinajstić information content (AvgIpc) is 3.59. The highest BCUT2D eigenvalue weighted by molar-refractivity contribution is 6.13. The number of para-hydroxylation sites is 1. The molecule has 1 aromatic carbocycles. The number of pyridine rings is 1. The molecule has 3 aromatic rings. The minimum atomic E-state index is -0.402. The Hall–Kier alpha value is -4.24. The fourth-order valence-electron chi connectivity index (χ4n) is 4.74. The zero-order valence-electron chi connectivity index (χ0n) is 26.4. The number of fused-ring (bicyclic) bond motifs is 3. The molecule has 46 heavy (non-hydrogen) atoms. The SMILES string of the molecule is CC(C)Cn1cnc2c(NC(=O)CCOCCOCCOCCOCCNC(=O)CCN3C(=O)C=CC3=O)nc3ccccc3c21. The Morgan fingerprint density at radius 2 is 1.46 bits per heavy atom. The second-order valence-electron chi connectivity index (χ2n) is 11.0. The molecular formula is C32H42N6O8. The first-order chi connectivity index (χ1) is 22.3. The average molecular weight is 639 g/mol. The van der Waals surface area contributed by atoms with Gasteiger partial charge in [-0.3, -0.25) is 24.1 Å². The Kier molecular flexibility index (Phi) is 13.6. The minimum absolute atomic E-state index is 0.0433. The maximum Gasteiger partial charge on any atom is 0.253 e. The lowest BCUT2D eigenvalue weighted by Crippen LogP contribution is -2.35. The van der Waals surface area contributed by atoms with Crippen LogP contribution in [-0.4, -0.2) is 109 Å². The molecule has 2 aromatic heterocycles. The molecule has 0 radical (unpaired) electrons. The van der Waals surface area contributed by atoms with Crippen LogP contribution in [0.2, 0.25) is 0 Å². The van der Waals surface area contributed by atoms with Crippen molar-refractivity contribution in [2.45, 2.75) is 33.2 Å². The van der Waals surface area contributed by atoms with Crippen LogP contribution in [0.25, 0.3) is 21.9 Å². The summed E-state index contributed by atoms with van der Waals surface area (Å²) in [5, 5.41) is 6.58. The summed E-state index contributed by atoms with van der Waals surface area (Å²) in [4.78, 5) is 57.6. The normalized spacial score (nSPS) is 13.1. The molecule has 0 saturated carbocycles. The van der Waals surface area contributed by atoms with E-state index in [0.29, 0.717) is 70.0 Å². The molecule has 0 fully saturated rings. The van der Waals surface area contributed by atoms with Gasteiger partial charge in [0.1, 0.15) is 5.52 Å². The Morgan fingerprint density at radius 3 is 2.13 bits per heavy atom.